The van der Waals surface area contributed by atoms with Crippen LogP contribution in [0.4, 0.5) is 5.69 Å². The molecule has 76 valence electrons. The Bertz CT molecular complexity index is 470. The van der Waals surface area contributed by atoms with Crippen molar-refractivity contribution >= 4 is 11.8 Å². The summed E-state index contributed by atoms with van der Waals surface area (Å²) in [5, 5.41) is 19.2. The topological polar surface area (TPSA) is 66.9 Å². The van der Waals surface area contributed by atoms with E-state index in [1.54, 1.807) is 13.8 Å². The SMILES string of the molecule is Cc1cc(C)c(C=CC#N)c([N+](=O)[O-])c1. The van der Waals surface area contributed by atoms with E-state index < -0.39 is 4.92 Å². The third-order valence-corrected chi connectivity index (χ3v) is 2.03. The van der Waals surface area contributed by atoms with Crippen LogP contribution in [0.3, 0.4) is 0 Å². The molecule has 0 fully saturated rings. The minimum atomic E-state index is -0.433. The number of nitriles is 1. The van der Waals surface area contributed by atoms with Crippen LogP contribution >= 0.6 is 0 Å². The molecule has 0 radical (unpaired) electrons. The highest BCUT2D eigenvalue weighted by Crippen LogP contribution is 2.25. The summed E-state index contributed by atoms with van der Waals surface area (Å²) >= 11 is 0. The van der Waals surface area contributed by atoms with Crippen molar-refractivity contribution in [2.45, 2.75) is 13.8 Å². The minimum absolute atomic E-state index is 0.0407. The van der Waals surface area contributed by atoms with Crippen molar-refractivity contribution in [3.63, 3.8) is 0 Å². The lowest BCUT2D eigenvalue weighted by molar-refractivity contribution is -0.385. The van der Waals surface area contributed by atoms with E-state index in [0.29, 0.717) is 5.56 Å². The summed E-state index contributed by atoms with van der Waals surface area (Å²) in [6, 6.07) is 5.18. The number of nitro benzene ring substituents is 1. The van der Waals surface area contributed by atoms with Crippen LogP contribution in [0.25, 0.3) is 6.08 Å². The first-order valence-electron chi connectivity index (χ1n) is 4.38. The van der Waals surface area contributed by atoms with Crippen LogP contribution in [0.15, 0.2) is 18.2 Å². The highest BCUT2D eigenvalue weighted by Gasteiger charge is 2.14. The maximum Gasteiger partial charge on any atom is 0.277 e. The maximum absolute atomic E-state index is 10.8. The second-order valence-corrected chi connectivity index (χ2v) is 3.23. The molecule has 0 spiro atoms. The average molecular weight is 202 g/mol. The highest BCUT2D eigenvalue weighted by molar-refractivity contribution is 5.66. The molecule has 0 aliphatic rings. The van der Waals surface area contributed by atoms with Gasteiger partial charge in [-0.15, -0.1) is 0 Å². The Morgan fingerprint density at radius 2 is 2.13 bits per heavy atom. The fourth-order valence-corrected chi connectivity index (χ4v) is 1.44. The summed E-state index contributed by atoms with van der Waals surface area (Å²) in [5.41, 5.74) is 2.17. The molecule has 0 N–H and O–H groups in total. The van der Waals surface area contributed by atoms with Gasteiger partial charge >= 0.3 is 0 Å². The molecule has 0 heterocycles. The second kappa shape index (κ2) is 4.38. The van der Waals surface area contributed by atoms with Gasteiger partial charge in [-0.2, -0.15) is 5.26 Å². The van der Waals surface area contributed by atoms with Crippen molar-refractivity contribution in [3.8, 4) is 6.07 Å². The molecule has 0 saturated heterocycles. The van der Waals surface area contributed by atoms with Crippen LogP contribution in [0.2, 0.25) is 0 Å². The quantitative estimate of drug-likeness (QED) is 0.420. The Kier molecular flexibility index (Phi) is 3.19. The number of hydrogen-bond donors (Lipinski definition) is 0. The molecule has 1 rings (SSSR count). The van der Waals surface area contributed by atoms with E-state index >= 15 is 0 Å². The molecule has 1 aromatic carbocycles. The van der Waals surface area contributed by atoms with Gasteiger partial charge in [0.1, 0.15) is 0 Å². The van der Waals surface area contributed by atoms with Crippen LogP contribution in [-0.4, -0.2) is 4.92 Å². The fourth-order valence-electron chi connectivity index (χ4n) is 1.44. The molecule has 0 aliphatic heterocycles. The van der Waals surface area contributed by atoms with Crippen molar-refractivity contribution < 1.29 is 4.92 Å². The van der Waals surface area contributed by atoms with Crippen LogP contribution < -0.4 is 0 Å². The maximum atomic E-state index is 10.8. The lowest BCUT2D eigenvalue weighted by Gasteiger charge is -2.03. The highest BCUT2D eigenvalue weighted by atomic mass is 16.6. The van der Waals surface area contributed by atoms with E-state index in [2.05, 4.69) is 0 Å². The standard InChI is InChI=1S/C11H10N2O2/c1-8-6-9(2)10(4-3-5-12)11(7-8)13(14)15/h3-4,6-7H,1-2H3. The van der Waals surface area contributed by atoms with Crippen LogP contribution in [0, 0.1) is 35.3 Å². The van der Waals surface area contributed by atoms with Gasteiger partial charge in [0.25, 0.3) is 5.69 Å². The van der Waals surface area contributed by atoms with E-state index in [4.69, 9.17) is 5.26 Å². The molecular weight excluding hydrogens is 192 g/mol. The Hall–Kier alpha value is -2.15. The molecule has 4 heteroatoms. The summed E-state index contributed by atoms with van der Waals surface area (Å²) in [6.07, 6.45) is 2.71. The van der Waals surface area contributed by atoms with E-state index in [1.807, 2.05) is 12.1 Å². The van der Waals surface area contributed by atoms with Gasteiger partial charge in [0, 0.05) is 12.1 Å². The van der Waals surface area contributed by atoms with Crippen molar-refractivity contribution in [1.29, 1.82) is 5.26 Å². The predicted molar refractivity (Wildman–Crippen MR) is 57.2 cm³/mol. The van der Waals surface area contributed by atoms with E-state index in [-0.39, 0.29) is 5.69 Å². The van der Waals surface area contributed by atoms with Gasteiger partial charge in [0.2, 0.25) is 0 Å². The Morgan fingerprint density at radius 3 is 2.67 bits per heavy atom. The monoisotopic (exact) mass is 202 g/mol. The van der Waals surface area contributed by atoms with E-state index in [0.717, 1.165) is 11.1 Å². The van der Waals surface area contributed by atoms with Gasteiger partial charge in [-0.25, -0.2) is 0 Å². The van der Waals surface area contributed by atoms with Gasteiger partial charge in [-0.1, -0.05) is 6.07 Å². The first kappa shape index (κ1) is 10.9. The Morgan fingerprint density at radius 1 is 1.47 bits per heavy atom. The number of allylic oxidation sites excluding steroid dienone is 1. The molecule has 0 aliphatic carbocycles. The van der Waals surface area contributed by atoms with Gasteiger partial charge in [-0.05, 0) is 31.1 Å². The summed E-state index contributed by atoms with van der Waals surface area (Å²) < 4.78 is 0. The van der Waals surface area contributed by atoms with Gasteiger partial charge < -0.3 is 0 Å². The second-order valence-electron chi connectivity index (χ2n) is 3.23. The third-order valence-electron chi connectivity index (χ3n) is 2.03. The summed E-state index contributed by atoms with van der Waals surface area (Å²) in [4.78, 5) is 10.3. The number of hydrogen-bond acceptors (Lipinski definition) is 3. The number of benzene rings is 1. The molecule has 0 bridgehead atoms. The van der Waals surface area contributed by atoms with Crippen LogP contribution in [0.5, 0.6) is 0 Å². The first-order valence-corrected chi connectivity index (χ1v) is 4.38. The number of nitro groups is 1. The van der Waals surface area contributed by atoms with Crippen molar-refractivity contribution in [2.24, 2.45) is 0 Å². The van der Waals surface area contributed by atoms with E-state index in [1.165, 1.54) is 18.2 Å². The molecule has 1 aromatic rings. The number of rotatable bonds is 2. The summed E-state index contributed by atoms with van der Waals surface area (Å²) in [6.45, 7) is 3.59. The van der Waals surface area contributed by atoms with Crippen molar-refractivity contribution in [3.05, 3.63) is 45.0 Å². The minimum Gasteiger partial charge on any atom is -0.258 e. The number of aryl methyl sites for hydroxylation is 2. The van der Waals surface area contributed by atoms with Gasteiger partial charge in [0.15, 0.2) is 0 Å². The van der Waals surface area contributed by atoms with Gasteiger partial charge in [-0.3, -0.25) is 10.1 Å². The Labute approximate surface area is 87.6 Å². The predicted octanol–water partition coefficient (Wildman–Crippen LogP) is 2.75. The van der Waals surface area contributed by atoms with Crippen LogP contribution in [0.1, 0.15) is 16.7 Å². The molecule has 0 unspecified atom stereocenters. The Balaban J connectivity index is 3.41. The largest absolute Gasteiger partial charge is 0.277 e. The van der Waals surface area contributed by atoms with Gasteiger partial charge in [0.05, 0.1) is 16.6 Å². The lowest BCUT2D eigenvalue weighted by atomic mass is 10.0. The first-order chi connectivity index (χ1) is 7.06. The van der Waals surface area contributed by atoms with Crippen molar-refractivity contribution in [2.75, 3.05) is 0 Å². The fraction of sp³-hybridized carbons (Fsp3) is 0.182. The number of nitrogens with zero attached hydrogens (tertiary/aromatic N) is 2. The van der Waals surface area contributed by atoms with Crippen LogP contribution in [-0.2, 0) is 0 Å². The summed E-state index contributed by atoms with van der Waals surface area (Å²) in [5.74, 6) is 0. The zero-order chi connectivity index (χ0) is 11.4. The normalized spacial score (nSPS) is 10.2. The summed E-state index contributed by atoms with van der Waals surface area (Å²) in [7, 11) is 0. The smallest absolute Gasteiger partial charge is 0.258 e. The molecule has 0 atom stereocenters. The van der Waals surface area contributed by atoms with E-state index in [9.17, 15) is 10.1 Å². The molecule has 0 amide bonds. The zero-order valence-electron chi connectivity index (χ0n) is 8.52. The zero-order valence-corrected chi connectivity index (χ0v) is 8.52. The lowest BCUT2D eigenvalue weighted by Crippen LogP contribution is -1.95. The molecule has 15 heavy (non-hydrogen) atoms. The average Bonchev–Trinajstić information content (AvgIpc) is 2.15. The van der Waals surface area contributed by atoms with Crippen molar-refractivity contribution in [1.82, 2.24) is 0 Å². The third kappa shape index (κ3) is 2.41. The molecular formula is C11H10N2O2. The molecule has 4 nitrogen and oxygen atoms in total. The molecule has 0 saturated carbocycles. The molecule has 0 aromatic heterocycles.